The molecule has 1 saturated heterocycles. The summed E-state index contributed by atoms with van der Waals surface area (Å²) in [7, 11) is 1.17. The van der Waals surface area contributed by atoms with Gasteiger partial charge < -0.3 is 19.8 Å². The Morgan fingerprint density at radius 2 is 2.03 bits per heavy atom. The zero-order valence-electron chi connectivity index (χ0n) is 21.5. The van der Waals surface area contributed by atoms with Crippen LogP contribution >= 0.6 is 0 Å². The summed E-state index contributed by atoms with van der Waals surface area (Å²) in [6.07, 6.45) is 7.57. The highest BCUT2D eigenvalue weighted by Gasteiger charge is 2.68. The molecule has 3 aliphatic carbocycles. The zero-order valence-corrected chi connectivity index (χ0v) is 21.5. The van der Waals surface area contributed by atoms with E-state index in [0.717, 1.165) is 39.6 Å². The Morgan fingerprint density at radius 1 is 1.16 bits per heavy atom. The topological polar surface area (TPSA) is 97.3 Å². The summed E-state index contributed by atoms with van der Waals surface area (Å²) in [4.78, 5) is 0. The maximum Gasteiger partial charge on any atom is 0.498 e. The molecule has 8 nitrogen and oxygen atoms in total. The van der Waals surface area contributed by atoms with Gasteiger partial charge in [-0.15, -0.1) is 0 Å². The number of aromatic nitrogens is 4. The van der Waals surface area contributed by atoms with E-state index in [1.807, 2.05) is 41.2 Å². The first-order chi connectivity index (χ1) is 17.8. The van der Waals surface area contributed by atoms with Crippen LogP contribution in [0.1, 0.15) is 33.6 Å². The molecule has 4 fully saturated rings. The molecule has 1 aliphatic heterocycles. The third-order valence-electron chi connectivity index (χ3n) is 9.28. The molecule has 2 aromatic heterocycles. The van der Waals surface area contributed by atoms with Gasteiger partial charge in [0.1, 0.15) is 5.75 Å². The number of nitrogen functional groups attached to an aromatic ring is 1. The molecule has 3 saturated carbocycles. The molecule has 9 heteroatoms. The predicted molar refractivity (Wildman–Crippen MR) is 143 cm³/mol. The Labute approximate surface area is 216 Å². The van der Waals surface area contributed by atoms with Crippen LogP contribution in [-0.4, -0.2) is 45.9 Å². The molecule has 37 heavy (non-hydrogen) atoms. The molecule has 0 amide bonds. The van der Waals surface area contributed by atoms with Crippen molar-refractivity contribution in [1.29, 1.82) is 0 Å². The van der Waals surface area contributed by atoms with E-state index in [1.54, 1.807) is 19.5 Å². The number of hydrogen-bond acceptors (Lipinski definition) is 7. The van der Waals surface area contributed by atoms with Crippen LogP contribution < -0.4 is 15.9 Å². The van der Waals surface area contributed by atoms with Crippen LogP contribution in [0.4, 0.5) is 5.69 Å². The Bertz CT molecular complexity index is 1520. The van der Waals surface area contributed by atoms with Gasteiger partial charge in [-0.2, -0.15) is 15.3 Å². The van der Waals surface area contributed by atoms with E-state index in [-0.39, 0.29) is 17.1 Å². The van der Waals surface area contributed by atoms with E-state index in [0.29, 0.717) is 23.3 Å². The first-order valence-corrected chi connectivity index (χ1v) is 12.9. The minimum absolute atomic E-state index is 0.0761. The summed E-state index contributed by atoms with van der Waals surface area (Å²) in [5, 5.41) is 13.7. The number of methoxy groups -OCH3 is 1. The average Bonchev–Trinajstić information content (AvgIpc) is 3.55. The molecule has 3 heterocycles. The summed E-state index contributed by atoms with van der Waals surface area (Å²) < 4.78 is 21.2. The van der Waals surface area contributed by atoms with E-state index in [4.69, 9.17) is 19.8 Å². The average molecular weight is 495 g/mol. The SMILES string of the molecule is COc1cc(-n2cccn2)c(-c2ccc3c(N)cnnc3c2)cc1B1O[C@@H]2C[C@@H]3C[C@@H](C3(C)C)[C@]2(C)O1. The van der Waals surface area contributed by atoms with Crippen LogP contribution in [0.3, 0.4) is 0 Å². The maximum atomic E-state index is 6.81. The fraction of sp³-hybridized carbons (Fsp3) is 0.393. The molecular formula is C28H30BN5O3. The fourth-order valence-electron chi connectivity index (χ4n) is 7.03. The third-order valence-corrected chi connectivity index (χ3v) is 9.28. The molecule has 2 N–H and O–H groups in total. The quantitative estimate of drug-likeness (QED) is 0.428. The molecule has 0 radical (unpaired) electrons. The monoisotopic (exact) mass is 495 g/mol. The standard InChI is InChI=1S/C28H30BN5O3/c1-27(2)17-11-25(27)28(3)26(12-17)36-29(37-28)20-13-19(23(14-24(20)35-4)34-9-5-8-32-34)16-6-7-18-21(30)15-31-33-22(18)10-16/h5-10,13-15,17,25-26H,11-12H2,1-4H3,(H2,30,33)/t17-,25-,26+,28-/m0/s1. The molecule has 4 aliphatic rings. The first kappa shape index (κ1) is 22.7. The minimum atomic E-state index is -0.513. The number of rotatable bonds is 4. The number of anilines is 1. The lowest BCUT2D eigenvalue weighted by molar-refractivity contribution is -0.199. The van der Waals surface area contributed by atoms with Crippen LogP contribution in [-0.2, 0) is 9.31 Å². The maximum absolute atomic E-state index is 6.81. The molecule has 8 rings (SSSR count). The van der Waals surface area contributed by atoms with Gasteiger partial charge in [0.2, 0.25) is 0 Å². The second-order valence-electron chi connectivity index (χ2n) is 11.4. The number of ether oxygens (including phenoxy) is 1. The Morgan fingerprint density at radius 3 is 2.78 bits per heavy atom. The smallest absolute Gasteiger partial charge is 0.497 e. The van der Waals surface area contributed by atoms with E-state index in [1.165, 1.54) is 6.42 Å². The van der Waals surface area contributed by atoms with E-state index >= 15 is 0 Å². The van der Waals surface area contributed by atoms with Gasteiger partial charge in [0.05, 0.1) is 41.9 Å². The molecule has 188 valence electrons. The van der Waals surface area contributed by atoms with Crippen molar-refractivity contribution in [3.63, 3.8) is 0 Å². The van der Waals surface area contributed by atoms with Crippen LogP contribution in [0, 0.1) is 17.3 Å². The number of benzene rings is 2. The Balaban J connectivity index is 1.36. The summed E-state index contributed by atoms with van der Waals surface area (Å²) in [5.41, 5.74) is 11.1. The molecule has 4 aromatic rings. The van der Waals surface area contributed by atoms with Crippen molar-refractivity contribution in [1.82, 2.24) is 20.0 Å². The highest BCUT2D eigenvalue weighted by atomic mass is 16.7. The summed E-state index contributed by atoms with van der Waals surface area (Å²) in [6.45, 7) is 6.98. The van der Waals surface area contributed by atoms with Crippen molar-refractivity contribution in [2.45, 2.75) is 45.3 Å². The van der Waals surface area contributed by atoms with Gasteiger partial charge in [-0.05, 0) is 66.8 Å². The van der Waals surface area contributed by atoms with Gasteiger partial charge in [-0.3, -0.25) is 0 Å². The molecule has 0 spiro atoms. The lowest BCUT2D eigenvalue weighted by atomic mass is 9.43. The van der Waals surface area contributed by atoms with Gasteiger partial charge >= 0.3 is 7.12 Å². The van der Waals surface area contributed by atoms with Gasteiger partial charge in [0.15, 0.2) is 0 Å². The lowest BCUT2D eigenvalue weighted by Crippen LogP contribution is -2.65. The second-order valence-corrected chi connectivity index (χ2v) is 11.4. The molecule has 0 unspecified atom stereocenters. The van der Waals surface area contributed by atoms with Gasteiger partial charge in [0, 0.05) is 34.9 Å². The van der Waals surface area contributed by atoms with Crippen molar-refractivity contribution in [3.8, 4) is 22.6 Å². The van der Waals surface area contributed by atoms with E-state index in [2.05, 4.69) is 42.1 Å². The van der Waals surface area contributed by atoms with Crippen molar-refractivity contribution in [3.05, 3.63) is 55.0 Å². The highest BCUT2D eigenvalue weighted by molar-refractivity contribution is 6.63. The lowest BCUT2D eigenvalue weighted by Gasteiger charge is -2.64. The van der Waals surface area contributed by atoms with Crippen molar-refractivity contribution < 1.29 is 14.0 Å². The largest absolute Gasteiger partial charge is 0.498 e. The molecule has 4 atom stereocenters. The number of hydrogen-bond donors (Lipinski definition) is 1. The van der Waals surface area contributed by atoms with Crippen LogP contribution in [0.15, 0.2) is 55.0 Å². The Hall–Kier alpha value is -3.43. The van der Waals surface area contributed by atoms with Crippen molar-refractivity contribution in [2.75, 3.05) is 12.8 Å². The molecular weight excluding hydrogens is 465 g/mol. The summed E-state index contributed by atoms with van der Waals surface area (Å²) in [6, 6.07) is 12.1. The van der Waals surface area contributed by atoms with Gasteiger partial charge in [-0.1, -0.05) is 19.9 Å². The highest BCUT2D eigenvalue weighted by Crippen LogP contribution is 2.65. The number of nitrogens with zero attached hydrogens (tertiary/aromatic N) is 4. The van der Waals surface area contributed by atoms with E-state index < -0.39 is 7.12 Å². The fourth-order valence-corrected chi connectivity index (χ4v) is 7.03. The van der Waals surface area contributed by atoms with Crippen molar-refractivity contribution in [2.24, 2.45) is 17.3 Å². The summed E-state index contributed by atoms with van der Waals surface area (Å²) in [5.74, 6) is 1.87. The first-order valence-electron chi connectivity index (χ1n) is 12.9. The van der Waals surface area contributed by atoms with Gasteiger partial charge in [0.25, 0.3) is 0 Å². The normalized spacial score (nSPS) is 27.7. The third kappa shape index (κ3) is 3.20. The van der Waals surface area contributed by atoms with Crippen molar-refractivity contribution >= 4 is 29.2 Å². The number of fused-ring (bicyclic) bond motifs is 1. The molecule has 2 bridgehead atoms. The van der Waals surface area contributed by atoms with Crippen LogP contribution in [0.2, 0.25) is 0 Å². The predicted octanol–water partition coefficient (Wildman–Crippen LogP) is 4.01. The minimum Gasteiger partial charge on any atom is -0.497 e. The summed E-state index contributed by atoms with van der Waals surface area (Å²) >= 11 is 0. The zero-order chi connectivity index (χ0) is 25.5. The van der Waals surface area contributed by atoms with Crippen LogP contribution in [0.5, 0.6) is 5.75 Å². The Kier molecular flexibility index (Phi) is 4.79. The second kappa shape index (κ2) is 7.79. The van der Waals surface area contributed by atoms with Gasteiger partial charge in [-0.25, -0.2) is 4.68 Å². The molecule has 2 aromatic carbocycles. The van der Waals surface area contributed by atoms with E-state index in [9.17, 15) is 0 Å². The van der Waals surface area contributed by atoms with Crippen LogP contribution in [0.25, 0.3) is 27.7 Å². The number of nitrogens with two attached hydrogens (primary N) is 1.